The lowest BCUT2D eigenvalue weighted by Gasteiger charge is -2.35. The lowest BCUT2D eigenvalue weighted by molar-refractivity contribution is -0.377. The fourth-order valence-electron chi connectivity index (χ4n) is 5.58. The van der Waals surface area contributed by atoms with Crippen molar-refractivity contribution >= 4 is 34.8 Å². The molecule has 0 unspecified atom stereocenters. The molecule has 6 rings (SSSR count). The predicted octanol–water partition coefficient (Wildman–Crippen LogP) is 5.62. The van der Waals surface area contributed by atoms with Crippen molar-refractivity contribution in [3.8, 4) is 5.69 Å². The van der Waals surface area contributed by atoms with Crippen molar-refractivity contribution in [2.45, 2.75) is 25.9 Å². The Kier molecular flexibility index (Phi) is 7.61. The number of halogens is 1. The maximum Gasteiger partial charge on any atom is 0.284 e. The Hall–Kier alpha value is -4.72. The Morgan fingerprint density at radius 1 is 0.857 bits per heavy atom. The fourth-order valence-corrected chi connectivity index (χ4v) is 5.77. The first-order valence-corrected chi connectivity index (χ1v) is 14.3. The van der Waals surface area contributed by atoms with Crippen molar-refractivity contribution in [2.75, 3.05) is 11.4 Å². The third-order valence-corrected chi connectivity index (χ3v) is 8.24. The summed E-state index contributed by atoms with van der Waals surface area (Å²) in [5.74, 6) is -0.476. The number of rotatable bonds is 6. The molecule has 1 aromatic heterocycles. The van der Waals surface area contributed by atoms with Gasteiger partial charge in [0.05, 0.1) is 34.6 Å². The second kappa shape index (κ2) is 11.6. The van der Waals surface area contributed by atoms with Gasteiger partial charge < -0.3 is 10.6 Å². The summed E-state index contributed by atoms with van der Waals surface area (Å²) >= 11 is 6.83. The Morgan fingerprint density at radius 2 is 1.43 bits per heavy atom. The molecule has 4 aromatic carbocycles. The molecule has 8 heteroatoms. The average molecular weight is 577 g/mol. The van der Waals surface area contributed by atoms with E-state index in [2.05, 4.69) is 17.9 Å². The van der Waals surface area contributed by atoms with Gasteiger partial charge in [-0.1, -0.05) is 84.4 Å². The van der Waals surface area contributed by atoms with Crippen molar-refractivity contribution in [2.24, 2.45) is 0 Å². The molecule has 1 aliphatic rings. The van der Waals surface area contributed by atoms with Crippen LogP contribution >= 0.6 is 11.6 Å². The van der Waals surface area contributed by atoms with Gasteiger partial charge in [-0.05, 0) is 60.9 Å². The SMILES string of the molecule is Cc1c(Cl)c(C(=O)N(c2ccccc2)c2ccccc2)nn1-c1ccccc1C(=O)N1Cc2ccccc2C[C@H]1C[NH3+]. The van der Waals surface area contributed by atoms with E-state index >= 15 is 0 Å². The molecule has 0 saturated carbocycles. The number of nitrogens with zero attached hydrogens (tertiary/aromatic N) is 4. The Bertz CT molecular complexity index is 1710. The molecule has 3 N–H and O–H groups in total. The van der Waals surface area contributed by atoms with Crippen LogP contribution in [0.4, 0.5) is 11.4 Å². The molecule has 1 aliphatic heterocycles. The van der Waals surface area contributed by atoms with Crippen LogP contribution in [0.5, 0.6) is 0 Å². The number of quaternary nitrogens is 1. The van der Waals surface area contributed by atoms with Crippen LogP contribution in [0.1, 0.15) is 37.7 Å². The molecule has 2 amide bonds. The second-order valence-electron chi connectivity index (χ2n) is 10.3. The summed E-state index contributed by atoms with van der Waals surface area (Å²) in [5, 5.41) is 4.96. The first kappa shape index (κ1) is 27.4. The van der Waals surface area contributed by atoms with Gasteiger partial charge >= 0.3 is 0 Å². The standard InChI is InChI=1S/C34H30ClN5O2/c1-23-31(35)32(34(42)39(26-14-4-2-5-15-26)27-16-6-3-7-17-27)37-40(23)30-19-11-10-18-29(30)33(41)38-22-25-13-9-8-12-24(25)20-28(38)21-36/h2-19,28H,20-22,36H2,1H3/p+1/t28-/m0/s1. The third kappa shape index (κ3) is 4.98. The van der Waals surface area contributed by atoms with Gasteiger partial charge in [-0.25, -0.2) is 4.68 Å². The van der Waals surface area contributed by atoms with Crippen molar-refractivity contribution < 1.29 is 15.3 Å². The van der Waals surface area contributed by atoms with Gasteiger partial charge in [0.15, 0.2) is 5.69 Å². The summed E-state index contributed by atoms with van der Waals surface area (Å²) in [4.78, 5) is 31.7. The van der Waals surface area contributed by atoms with Gasteiger partial charge in [-0.3, -0.25) is 14.5 Å². The molecule has 0 spiro atoms. The molecule has 0 fully saturated rings. The van der Waals surface area contributed by atoms with E-state index in [4.69, 9.17) is 16.7 Å². The number of hydrogen-bond donors (Lipinski definition) is 1. The molecule has 0 bridgehead atoms. The van der Waals surface area contributed by atoms with Gasteiger partial charge in [-0.15, -0.1) is 0 Å². The quantitative estimate of drug-likeness (QED) is 0.285. The molecular formula is C34H31ClN5O2+. The van der Waals surface area contributed by atoms with Gasteiger partial charge in [0, 0.05) is 17.9 Å². The first-order chi connectivity index (χ1) is 20.5. The van der Waals surface area contributed by atoms with Crippen LogP contribution in [0.2, 0.25) is 5.02 Å². The summed E-state index contributed by atoms with van der Waals surface area (Å²) in [6.45, 7) is 2.91. The van der Waals surface area contributed by atoms with Crippen LogP contribution in [0.25, 0.3) is 5.69 Å². The molecule has 0 aliphatic carbocycles. The zero-order chi connectivity index (χ0) is 29.2. The van der Waals surface area contributed by atoms with Crippen LogP contribution in [0.3, 0.4) is 0 Å². The smallest absolute Gasteiger partial charge is 0.284 e. The van der Waals surface area contributed by atoms with Gasteiger partial charge in [-0.2, -0.15) is 5.10 Å². The van der Waals surface area contributed by atoms with Crippen molar-refractivity contribution in [3.63, 3.8) is 0 Å². The molecule has 210 valence electrons. The van der Waals surface area contributed by atoms with Crippen molar-refractivity contribution in [3.05, 3.63) is 142 Å². The third-order valence-electron chi connectivity index (χ3n) is 7.79. The van der Waals surface area contributed by atoms with Crippen LogP contribution in [0, 0.1) is 6.92 Å². The summed E-state index contributed by atoms with van der Waals surface area (Å²) < 4.78 is 1.61. The lowest BCUT2D eigenvalue weighted by Crippen LogP contribution is -2.62. The summed E-state index contributed by atoms with van der Waals surface area (Å²) in [6.07, 6.45) is 0.758. The minimum absolute atomic E-state index is 0.0230. The zero-order valence-corrected chi connectivity index (χ0v) is 24.0. The fraction of sp³-hybridized carbons (Fsp3) is 0.147. The number of fused-ring (bicyclic) bond motifs is 1. The number of aromatic nitrogens is 2. The van der Waals surface area contributed by atoms with E-state index in [9.17, 15) is 9.59 Å². The van der Waals surface area contributed by atoms with Gasteiger partial charge in [0.2, 0.25) is 0 Å². The minimum Gasteiger partial charge on any atom is -0.356 e. The number of hydrogen-bond acceptors (Lipinski definition) is 3. The highest BCUT2D eigenvalue weighted by Crippen LogP contribution is 2.32. The number of para-hydroxylation sites is 3. The summed E-state index contributed by atoms with van der Waals surface area (Å²) in [5.41, 5.74) is 9.63. The Morgan fingerprint density at radius 3 is 2.07 bits per heavy atom. The molecule has 42 heavy (non-hydrogen) atoms. The monoisotopic (exact) mass is 576 g/mol. The van der Waals surface area contributed by atoms with Crippen LogP contribution in [-0.4, -0.2) is 39.1 Å². The minimum atomic E-state index is -0.368. The van der Waals surface area contributed by atoms with Gasteiger partial charge in [0.1, 0.15) is 0 Å². The Balaban J connectivity index is 1.40. The van der Waals surface area contributed by atoms with E-state index in [0.29, 0.717) is 41.4 Å². The first-order valence-electron chi connectivity index (χ1n) is 13.9. The number of carbonyl (C=O) groups is 2. The maximum atomic E-state index is 14.1. The highest BCUT2D eigenvalue weighted by Gasteiger charge is 2.33. The number of carbonyl (C=O) groups excluding carboxylic acids is 2. The Labute approximate surface area is 249 Å². The molecule has 1 atom stereocenters. The maximum absolute atomic E-state index is 14.1. The molecule has 5 aromatic rings. The number of amides is 2. The van der Waals surface area contributed by atoms with Crippen molar-refractivity contribution in [1.82, 2.24) is 14.7 Å². The summed E-state index contributed by atoms with van der Waals surface area (Å²) in [7, 11) is 0. The predicted molar refractivity (Wildman–Crippen MR) is 164 cm³/mol. The highest BCUT2D eigenvalue weighted by atomic mass is 35.5. The van der Waals surface area contributed by atoms with E-state index < -0.39 is 0 Å². The molecule has 2 heterocycles. The normalized spacial score (nSPS) is 14.4. The average Bonchev–Trinajstić information content (AvgIpc) is 3.34. The second-order valence-corrected chi connectivity index (χ2v) is 10.7. The largest absolute Gasteiger partial charge is 0.356 e. The van der Waals surface area contributed by atoms with Crippen LogP contribution < -0.4 is 10.6 Å². The van der Waals surface area contributed by atoms with E-state index in [-0.39, 0.29) is 28.6 Å². The van der Waals surface area contributed by atoms with Crippen molar-refractivity contribution in [1.29, 1.82) is 0 Å². The number of benzene rings is 4. The number of anilines is 2. The molecule has 0 saturated heterocycles. The lowest BCUT2D eigenvalue weighted by atomic mass is 9.93. The van der Waals surface area contributed by atoms with E-state index in [1.54, 1.807) is 22.6 Å². The van der Waals surface area contributed by atoms with Gasteiger partial charge in [0.25, 0.3) is 11.8 Å². The van der Waals surface area contributed by atoms with E-state index in [1.165, 1.54) is 5.56 Å². The van der Waals surface area contributed by atoms with E-state index in [1.807, 2.05) is 95.9 Å². The summed E-state index contributed by atoms with van der Waals surface area (Å²) in [6, 6.07) is 34.3. The van der Waals surface area contributed by atoms with E-state index in [0.717, 1.165) is 12.0 Å². The highest BCUT2D eigenvalue weighted by molar-refractivity contribution is 6.35. The molecular weight excluding hydrogens is 546 g/mol. The molecule has 0 radical (unpaired) electrons. The zero-order valence-electron chi connectivity index (χ0n) is 23.3. The topological polar surface area (TPSA) is 86.1 Å². The van der Waals surface area contributed by atoms with Crippen LogP contribution in [-0.2, 0) is 13.0 Å². The van der Waals surface area contributed by atoms with Crippen LogP contribution in [0.15, 0.2) is 109 Å². The molecule has 7 nitrogen and oxygen atoms in total.